The first-order valence-corrected chi connectivity index (χ1v) is 8.62. The Labute approximate surface area is 120 Å². The van der Waals surface area contributed by atoms with Gasteiger partial charge < -0.3 is 9.80 Å². The molecule has 2 fully saturated rings. The first-order chi connectivity index (χ1) is 9.38. The maximum absolute atomic E-state index is 4.21. The van der Waals surface area contributed by atoms with E-state index in [0.717, 1.165) is 12.3 Å². The van der Waals surface area contributed by atoms with Crippen LogP contribution in [0.5, 0.6) is 0 Å². The smallest absolute Gasteiger partial charge is 0.00219 e. The van der Waals surface area contributed by atoms with Crippen molar-refractivity contribution in [2.75, 3.05) is 39.3 Å². The Morgan fingerprint density at radius 2 is 1.00 bits per heavy atom. The van der Waals surface area contributed by atoms with E-state index in [9.17, 15) is 0 Å². The molecule has 0 aromatic rings. The summed E-state index contributed by atoms with van der Waals surface area (Å²) in [6, 6.07) is 0. The second kappa shape index (κ2) is 8.97. The van der Waals surface area contributed by atoms with Crippen molar-refractivity contribution in [1.29, 1.82) is 0 Å². The van der Waals surface area contributed by atoms with Gasteiger partial charge in [0.15, 0.2) is 0 Å². The second-order valence-electron chi connectivity index (χ2n) is 6.58. The number of rotatable bonds is 5. The van der Waals surface area contributed by atoms with Gasteiger partial charge in [0.05, 0.1) is 0 Å². The topological polar surface area (TPSA) is 6.48 Å². The molecule has 1 radical (unpaired) electrons. The monoisotopic (exact) mass is 265 g/mol. The van der Waals surface area contributed by atoms with E-state index in [0.29, 0.717) is 0 Å². The minimum absolute atomic E-state index is 0.788. The average molecular weight is 265 g/mol. The Kier molecular flexibility index (Phi) is 7.23. The van der Waals surface area contributed by atoms with Gasteiger partial charge in [-0.3, -0.25) is 0 Å². The molecule has 0 atom stereocenters. The van der Waals surface area contributed by atoms with Crippen LogP contribution in [0.4, 0.5) is 0 Å². The molecule has 0 aliphatic carbocycles. The van der Waals surface area contributed by atoms with E-state index < -0.39 is 0 Å². The summed E-state index contributed by atoms with van der Waals surface area (Å²) in [5.74, 6) is 0.788. The first kappa shape index (κ1) is 15.3. The van der Waals surface area contributed by atoms with Gasteiger partial charge in [-0.25, -0.2) is 0 Å². The summed E-state index contributed by atoms with van der Waals surface area (Å²) in [7, 11) is 0. The molecule has 0 unspecified atom stereocenters. The lowest BCUT2D eigenvalue weighted by atomic mass is 10.0. The minimum Gasteiger partial charge on any atom is -0.303 e. The van der Waals surface area contributed by atoms with E-state index in [1.165, 1.54) is 90.6 Å². The zero-order valence-electron chi connectivity index (χ0n) is 12.8. The third-order valence-electron chi connectivity index (χ3n) is 4.84. The third-order valence-corrected chi connectivity index (χ3v) is 4.84. The van der Waals surface area contributed by atoms with E-state index in [4.69, 9.17) is 0 Å². The summed E-state index contributed by atoms with van der Waals surface area (Å²) in [5.41, 5.74) is 0. The molecule has 0 N–H and O–H groups in total. The molecule has 0 aromatic carbocycles. The molecule has 2 heteroatoms. The first-order valence-electron chi connectivity index (χ1n) is 8.62. The molecule has 0 bridgehead atoms. The SMILES string of the molecule is [CH2]CC(CN1CCCCCC1)CN1CCCCCC1. The zero-order valence-corrected chi connectivity index (χ0v) is 12.8. The molecule has 19 heavy (non-hydrogen) atoms. The largest absolute Gasteiger partial charge is 0.303 e. The van der Waals surface area contributed by atoms with Gasteiger partial charge in [0.2, 0.25) is 0 Å². The highest BCUT2D eigenvalue weighted by Crippen LogP contribution is 2.16. The molecule has 0 saturated carbocycles. The Morgan fingerprint density at radius 1 is 0.632 bits per heavy atom. The summed E-state index contributed by atoms with van der Waals surface area (Å²) in [6.07, 6.45) is 12.5. The number of likely N-dealkylation sites (tertiary alicyclic amines) is 2. The van der Waals surface area contributed by atoms with Crippen molar-refractivity contribution in [2.24, 2.45) is 5.92 Å². The van der Waals surface area contributed by atoms with Crippen LogP contribution in [-0.4, -0.2) is 49.1 Å². The van der Waals surface area contributed by atoms with Crippen molar-refractivity contribution in [3.05, 3.63) is 6.92 Å². The molecule has 0 spiro atoms. The van der Waals surface area contributed by atoms with E-state index >= 15 is 0 Å². The van der Waals surface area contributed by atoms with Crippen LogP contribution >= 0.6 is 0 Å². The standard InChI is InChI=1S/C17H33N2/c1-2-17(15-18-11-7-3-4-8-12-18)16-19-13-9-5-6-10-14-19/h17H,1-16H2. The number of hydrogen-bond acceptors (Lipinski definition) is 2. The van der Waals surface area contributed by atoms with Crippen LogP contribution in [-0.2, 0) is 0 Å². The van der Waals surface area contributed by atoms with Crippen molar-refractivity contribution < 1.29 is 0 Å². The Balaban J connectivity index is 1.74. The Bertz CT molecular complexity index is 191. The van der Waals surface area contributed by atoms with Crippen LogP contribution in [0, 0.1) is 12.8 Å². The molecule has 2 heterocycles. The third kappa shape index (κ3) is 5.83. The van der Waals surface area contributed by atoms with Crippen LogP contribution in [0.3, 0.4) is 0 Å². The molecule has 2 aliphatic heterocycles. The fourth-order valence-corrected chi connectivity index (χ4v) is 3.61. The molecular formula is C17H33N2. The molecule has 0 amide bonds. The van der Waals surface area contributed by atoms with Gasteiger partial charge in [-0.05, 0) is 64.2 Å². The van der Waals surface area contributed by atoms with Gasteiger partial charge in [-0.15, -0.1) is 0 Å². The van der Waals surface area contributed by atoms with Crippen LogP contribution in [0.25, 0.3) is 0 Å². The number of hydrogen-bond donors (Lipinski definition) is 0. The van der Waals surface area contributed by atoms with Crippen molar-refractivity contribution >= 4 is 0 Å². The molecule has 2 rings (SSSR count). The van der Waals surface area contributed by atoms with Crippen LogP contribution in [0.2, 0.25) is 0 Å². The van der Waals surface area contributed by atoms with Crippen LogP contribution in [0.1, 0.15) is 57.8 Å². The van der Waals surface area contributed by atoms with E-state index in [-0.39, 0.29) is 0 Å². The highest BCUT2D eigenvalue weighted by molar-refractivity contribution is 4.74. The highest BCUT2D eigenvalue weighted by atomic mass is 15.2. The molecule has 2 saturated heterocycles. The van der Waals surface area contributed by atoms with Crippen LogP contribution in [0.15, 0.2) is 0 Å². The van der Waals surface area contributed by atoms with Gasteiger partial charge in [0.25, 0.3) is 0 Å². The van der Waals surface area contributed by atoms with Crippen molar-refractivity contribution in [3.8, 4) is 0 Å². The van der Waals surface area contributed by atoms with Crippen molar-refractivity contribution in [3.63, 3.8) is 0 Å². The van der Waals surface area contributed by atoms with Gasteiger partial charge >= 0.3 is 0 Å². The summed E-state index contributed by atoms with van der Waals surface area (Å²) in [4.78, 5) is 5.42. The second-order valence-corrected chi connectivity index (χ2v) is 6.58. The summed E-state index contributed by atoms with van der Waals surface area (Å²) >= 11 is 0. The summed E-state index contributed by atoms with van der Waals surface area (Å²) in [6.45, 7) is 12.1. The zero-order chi connectivity index (χ0) is 13.3. The molecule has 0 aromatic heterocycles. The van der Waals surface area contributed by atoms with Crippen molar-refractivity contribution in [1.82, 2.24) is 9.80 Å². The normalized spacial score (nSPS) is 24.3. The summed E-state index contributed by atoms with van der Waals surface area (Å²) in [5, 5.41) is 0. The fourth-order valence-electron chi connectivity index (χ4n) is 3.61. The minimum atomic E-state index is 0.788. The van der Waals surface area contributed by atoms with Crippen LogP contribution < -0.4 is 0 Å². The van der Waals surface area contributed by atoms with E-state index in [1.807, 2.05) is 0 Å². The highest BCUT2D eigenvalue weighted by Gasteiger charge is 2.18. The lowest BCUT2D eigenvalue weighted by Crippen LogP contribution is -2.37. The van der Waals surface area contributed by atoms with Gasteiger partial charge in [-0.2, -0.15) is 0 Å². The van der Waals surface area contributed by atoms with E-state index in [1.54, 1.807) is 0 Å². The summed E-state index contributed by atoms with van der Waals surface area (Å²) < 4.78 is 0. The van der Waals surface area contributed by atoms with Gasteiger partial charge in [0, 0.05) is 13.1 Å². The molecule has 2 nitrogen and oxygen atoms in total. The predicted molar refractivity (Wildman–Crippen MR) is 83.3 cm³/mol. The van der Waals surface area contributed by atoms with Gasteiger partial charge in [0.1, 0.15) is 0 Å². The van der Waals surface area contributed by atoms with E-state index in [2.05, 4.69) is 16.7 Å². The number of nitrogens with zero attached hydrogens (tertiary/aromatic N) is 2. The maximum atomic E-state index is 4.21. The molecule has 111 valence electrons. The Hall–Kier alpha value is -0.0800. The molecule has 2 aliphatic rings. The fraction of sp³-hybridized carbons (Fsp3) is 0.941. The van der Waals surface area contributed by atoms with Crippen molar-refractivity contribution in [2.45, 2.75) is 57.8 Å². The van der Waals surface area contributed by atoms with Gasteiger partial charge in [-0.1, -0.05) is 32.6 Å². The maximum Gasteiger partial charge on any atom is 0.00219 e. The predicted octanol–water partition coefficient (Wildman–Crippen LogP) is 3.58. The lowest BCUT2D eigenvalue weighted by molar-refractivity contribution is 0.180. The molecular weight excluding hydrogens is 232 g/mol. The average Bonchev–Trinajstić information content (AvgIpc) is 2.82. The Morgan fingerprint density at radius 3 is 1.32 bits per heavy atom. The quantitative estimate of drug-likeness (QED) is 0.749. The lowest BCUT2D eigenvalue weighted by Gasteiger charge is -2.30.